The van der Waals surface area contributed by atoms with Crippen molar-refractivity contribution in [2.45, 2.75) is 26.0 Å². The average Bonchev–Trinajstić information content (AvgIpc) is 2.30. The third kappa shape index (κ3) is 4.91. The number of aromatic nitrogens is 1. The summed E-state index contributed by atoms with van der Waals surface area (Å²) in [7, 11) is 0. The Hall–Kier alpha value is -0.660. The predicted molar refractivity (Wildman–Crippen MR) is 74.6 cm³/mol. The van der Waals surface area contributed by atoms with Gasteiger partial charge in [-0.15, -0.1) is 0 Å². The van der Waals surface area contributed by atoms with Gasteiger partial charge in [0.1, 0.15) is 0 Å². The highest BCUT2D eigenvalue weighted by atomic mass is 79.9. The number of carbonyl (C=O) groups is 1. The van der Waals surface area contributed by atoms with Crippen molar-refractivity contribution in [3.05, 3.63) is 21.2 Å². The second-order valence-electron chi connectivity index (χ2n) is 3.58. The molecule has 1 unspecified atom stereocenters. The fourth-order valence-electron chi connectivity index (χ4n) is 1.19. The van der Waals surface area contributed by atoms with Gasteiger partial charge >= 0.3 is 5.97 Å². The summed E-state index contributed by atoms with van der Waals surface area (Å²) in [6.45, 7) is 2.62. The van der Waals surface area contributed by atoms with E-state index in [1.165, 1.54) is 0 Å². The second-order valence-corrected chi connectivity index (χ2v) is 5.35. The molecule has 1 rings (SSSR count). The molecule has 0 amide bonds. The quantitative estimate of drug-likeness (QED) is 0.561. The van der Waals surface area contributed by atoms with Crippen molar-refractivity contribution in [2.24, 2.45) is 0 Å². The molecule has 2 N–H and O–H groups in total. The molecular weight excluding hydrogens is 368 g/mol. The van der Waals surface area contributed by atoms with Crippen LogP contribution in [0.1, 0.15) is 19.8 Å². The Morgan fingerprint density at radius 1 is 1.61 bits per heavy atom. The zero-order chi connectivity index (χ0) is 13.5. The highest BCUT2D eigenvalue weighted by molar-refractivity contribution is 9.11. The Morgan fingerprint density at radius 3 is 2.89 bits per heavy atom. The number of unbranched alkanes of at least 4 members (excludes halogenated alkanes) is 1. The smallest absolute Gasteiger partial charge is 0.360 e. The van der Waals surface area contributed by atoms with Gasteiger partial charge in [0.05, 0.1) is 4.47 Å². The van der Waals surface area contributed by atoms with Crippen LogP contribution in [-0.4, -0.2) is 28.8 Å². The summed E-state index contributed by atoms with van der Waals surface area (Å²) < 4.78 is 6.70. The van der Waals surface area contributed by atoms with Crippen LogP contribution in [0.25, 0.3) is 0 Å². The van der Waals surface area contributed by atoms with Gasteiger partial charge in [-0.3, -0.25) is 5.32 Å². The fraction of sp³-hybridized carbons (Fsp3) is 0.455. The number of hydrogen-bond acceptors (Lipinski definition) is 4. The van der Waals surface area contributed by atoms with Gasteiger partial charge in [0.25, 0.3) is 0 Å². The minimum atomic E-state index is -1.10. The molecule has 100 valence electrons. The maximum atomic E-state index is 11.0. The Kier molecular flexibility index (Phi) is 6.59. The predicted octanol–water partition coefficient (Wildman–Crippen LogP) is 2.79. The highest BCUT2D eigenvalue weighted by Gasteiger charge is 2.20. The number of aliphatic carboxylic acids is 1. The number of rotatable bonds is 7. The van der Waals surface area contributed by atoms with Crippen LogP contribution in [0, 0.1) is 0 Å². The van der Waals surface area contributed by atoms with Gasteiger partial charge in [0.2, 0.25) is 12.1 Å². The molecule has 0 aromatic carbocycles. The molecule has 0 aliphatic carbocycles. The molecule has 0 bridgehead atoms. The molecule has 18 heavy (non-hydrogen) atoms. The molecular formula is C11H14Br2N2O3. The first-order chi connectivity index (χ1) is 8.54. The van der Waals surface area contributed by atoms with E-state index in [1.54, 1.807) is 12.3 Å². The third-order valence-corrected chi connectivity index (χ3v) is 3.09. The number of halogens is 2. The molecule has 1 atom stereocenters. The number of carboxylic acid groups (broad SMARTS) is 1. The van der Waals surface area contributed by atoms with E-state index >= 15 is 0 Å². The molecule has 0 aliphatic rings. The van der Waals surface area contributed by atoms with Crippen LogP contribution < -0.4 is 10.1 Å². The number of ether oxygens (including phenoxy) is 1. The van der Waals surface area contributed by atoms with Crippen molar-refractivity contribution in [1.29, 1.82) is 0 Å². The highest BCUT2D eigenvalue weighted by Crippen LogP contribution is 2.25. The van der Waals surface area contributed by atoms with Crippen LogP contribution in [0.2, 0.25) is 0 Å². The summed E-state index contributed by atoms with van der Waals surface area (Å²) in [5.41, 5.74) is 0. The average molecular weight is 382 g/mol. The standard InChI is InChI=1S/C11H14Br2N2O3/c1-2-3-4-14-10(11(16)17)18-9-8(13)5-7(12)6-15-9/h5-6,10,14H,2-4H2,1H3,(H,16,17). The van der Waals surface area contributed by atoms with Crippen LogP contribution in [0.5, 0.6) is 5.88 Å². The van der Waals surface area contributed by atoms with Crippen LogP contribution in [0.15, 0.2) is 21.2 Å². The molecule has 5 nitrogen and oxygen atoms in total. The van der Waals surface area contributed by atoms with Crippen molar-refractivity contribution in [2.75, 3.05) is 6.54 Å². The summed E-state index contributed by atoms with van der Waals surface area (Å²) in [4.78, 5) is 15.0. The van der Waals surface area contributed by atoms with Gasteiger partial charge in [-0.1, -0.05) is 13.3 Å². The van der Waals surface area contributed by atoms with E-state index in [2.05, 4.69) is 42.2 Å². The van der Waals surface area contributed by atoms with E-state index in [1.807, 2.05) is 6.92 Å². The lowest BCUT2D eigenvalue weighted by Gasteiger charge is -2.16. The fourth-order valence-corrected chi connectivity index (χ4v) is 2.27. The number of nitrogens with one attached hydrogen (secondary N) is 1. The Balaban J connectivity index is 2.67. The molecule has 1 heterocycles. The van der Waals surface area contributed by atoms with E-state index < -0.39 is 12.2 Å². The first kappa shape index (κ1) is 15.4. The molecule has 0 saturated carbocycles. The summed E-state index contributed by atoms with van der Waals surface area (Å²) in [5, 5.41) is 11.9. The van der Waals surface area contributed by atoms with Crippen molar-refractivity contribution >= 4 is 37.8 Å². The molecule has 0 fully saturated rings. The largest absolute Gasteiger partial charge is 0.477 e. The van der Waals surface area contributed by atoms with E-state index in [9.17, 15) is 4.79 Å². The van der Waals surface area contributed by atoms with Gasteiger partial charge in [-0.2, -0.15) is 0 Å². The normalized spacial score (nSPS) is 12.2. The molecule has 0 radical (unpaired) electrons. The number of hydrogen-bond donors (Lipinski definition) is 2. The first-order valence-corrected chi connectivity index (χ1v) is 7.07. The zero-order valence-corrected chi connectivity index (χ0v) is 13.0. The maximum Gasteiger partial charge on any atom is 0.360 e. The molecule has 0 spiro atoms. The molecule has 0 saturated heterocycles. The summed E-state index contributed by atoms with van der Waals surface area (Å²) in [5.74, 6) is -0.822. The van der Waals surface area contributed by atoms with E-state index in [4.69, 9.17) is 9.84 Å². The topological polar surface area (TPSA) is 71.5 Å². The third-order valence-electron chi connectivity index (χ3n) is 2.09. The molecule has 1 aromatic heterocycles. The Labute approximate surface area is 122 Å². The summed E-state index contributed by atoms with van der Waals surface area (Å²) in [6, 6.07) is 1.74. The molecule has 1 aromatic rings. The van der Waals surface area contributed by atoms with Gasteiger partial charge in [0.15, 0.2) is 0 Å². The van der Waals surface area contributed by atoms with Crippen LogP contribution in [-0.2, 0) is 4.79 Å². The van der Waals surface area contributed by atoms with Crippen molar-refractivity contribution in [3.8, 4) is 5.88 Å². The monoisotopic (exact) mass is 380 g/mol. The van der Waals surface area contributed by atoms with Crippen LogP contribution >= 0.6 is 31.9 Å². The van der Waals surface area contributed by atoms with Crippen LogP contribution in [0.4, 0.5) is 0 Å². The molecule has 0 aliphatic heterocycles. The minimum absolute atomic E-state index is 0.245. The van der Waals surface area contributed by atoms with Crippen LogP contribution in [0.3, 0.4) is 0 Å². The van der Waals surface area contributed by atoms with Gasteiger partial charge in [-0.05, 0) is 50.9 Å². The van der Waals surface area contributed by atoms with E-state index in [0.29, 0.717) is 11.0 Å². The summed E-state index contributed by atoms with van der Waals surface area (Å²) >= 11 is 6.53. The summed E-state index contributed by atoms with van der Waals surface area (Å²) in [6.07, 6.45) is 2.33. The maximum absolute atomic E-state index is 11.0. The lowest BCUT2D eigenvalue weighted by Crippen LogP contribution is -2.42. The molecule has 7 heteroatoms. The number of carboxylic acids is 1. The minimum Gasteiger partial charge on any atom is -0.477 e. The first-order valence-electron chi connectivity index (χ1n) is 5.48. The Morgan fingerprint density at radius 2 is 2.33 bits per heavy atom. The lowest BCUT2D eigenvalue weighted by atomic mass is 10.3. The Bertz CT molecular complexity index is 415. The lowest BCUT2D eigenvalue weighted by molar-refractivity contribution is -0.146. The van der Waals surface area contributed by atoms with E-state index in [-0.39, 0.29) is 5.88 Å². The van der Waals surface area contributed by atoms with Gasteiger partial charge in [-0.25, -0.2) is 9.78 Å². The SMILES string of the molecule is CCCCNC(Oc1ncc(Br)cc1Br)C(=O)O. The van der Waals surface area contributed by atoms with Crippen molar-refractivity contribution in [1.82, 2.24) is 10.3 Å². The second kappa shape index (κ2) is 7.70. The van der Waals surface area contributed by atoms with Gasteiger partial charge in [0, 0.05) is 10.7 Å². The van der Waals surface area contributed by atoms with Crippen molar-refractivity contribution < 1.29 is 14.6 Å². The van der Waals surface area contributed by atoms with Gasteiger partial charge < -0.3 is 9.84 Å². The van der Waals surface area contributed by atoms with Crippen molar-refractivity contribution in [3.63, 3.8) is 0 Å². The number of pyridine rings is 1. The van der Waals surface area contributed by atoms with E-state index in [0.717, 1.165) is 17.3 Å². The zero-order valence-electron chi connectivity index (χ0n) is 9.82. The number of nitrogens with zero attached hydrogens (tertiary/aromatic N) is 1.